The Morgan fingerprint density at radius 1 is 1.19 bits per heavy atom. The number of rotatable bonds is 0. The fourth-order valence-corrected chi connectivity index (χ4v) is 5.53. The van der Waals surface area contributed by atoms with E-state index in [1.165, 1.54) is 0 Å². The van der Waals surface area contributed by atoms with Gasteiger partial charge in [0.1, 0.15) is 24.3 Å². The summed E-state index contributed by atoms with van der Waals surface area (Å²) in [6.45, 7) is 4.30. The average Bonchev–Trinajstić information content (AvgIpc) is 2.96. The minimum absolute atomic E-state index is 0.0431. The van der Waals surface area contributed by atoms with E-state index in [0.717, 1.165) is 25.9 Å². The molecule has 2 bridgehead atoms. The summed E-state index contributed by atoms with van der Waals surface area (Å²) in [7, 11) is 0. The maximum absolute atomic E-state index is 15.2. The molecule has 0 aromatic carbocycles. The summed E-state index contributed by atoms with van der Waals surface area (Å²) < 4.78 is 21.6. The van der Waals surface area contributed by atoms with E-state index in [1.54, 1.807) is 4.90 Å². The molecule has 0 aromatic rings. The molecule has 0 aromatic heterocycles. The first-order valence-corrected chi connectivity index (χ1v) is 10.2. The number of carbonyl (C=O) groups is 2. The zero-order chi connectivity index (χ0) is 18.7. The molecule has 5 heterocycles. The summed E-state index contributed by atoms with van der Waals surface area (Å²) in [6.07, 6.45) is -0.273. The second kappa shape index (κ2) is 6.65. The topological polar surface area (TPSA) is 85.9 Å². The van der Waals surface area contributed by atoms with Crippen LogP contribution in [0.25, 0.3) is 0 Å². The van der Waals surface area contributed by atoms with Gasteiger partial charge in [0.2, 0.25) is 0 Å². The molecular weight excluding hydrogens is 353 g/mol. The summed E-state index contributed by atoms with van der Waals surface area (Å²) in [4.78, 5) is 29.0. The molecular formula is C18H28FN5O3. The van der Waals surface area contributed by atoms with E-state index in [9.17, 15) is 9.59 Å². The molecule has 0 radical (unpaired) electrons. The lowest BCUT2D eigenvalue weighted by molar-refractivity contribution is -0.136. The van der Waals surface area contributed by atoms with Crippen LogP contribution in [0.4, 0.5) is 9.18 Å². The van der Waals surface area contributed by atoms with Crippen molar-refractivity contribution in [3.8, 4) is 0 Å². The SMILES string of the molecule is C[C@@H]1CCN2CCC(=O)C3CC(F)C(NC32)N2C(=O)NC3NCCC(O1)C32. The number of amides is 2. The molecule has 5 aliphatic rings. The van der Waals surface area contributed by atoms with Crippen LogP contribution in [0, 0.1) is 5.92 Å². The highest BCUT2D eigenvalue weighted by molar-refractivity contribution is 5.83. The van der Waals surface area contributed by atoms with Crippen molar-refractivity contribution >= 4 is 11.8 Å². The van der Waals surface area contributed by atoms with Crippen LogP contribution in [0.15, 0.2) is 0 Å². The fraction of sp³-hybridized carbons (Fsp3) is 0.889. The molecule has 0 spiro atoms. The standard InChI is InChI=1S/C18H28FN5O3/c1-9-3-6-23-7-4-12(25)10-8-11(19)17(22-16(10)23)24-14-13(27-9)2-5-20-15(14)21-18(24)26/h9-11,13-17,20,22H,2-8H2,1H3,(H,21,26)/t9-,10?,11?,13?,14?,15?,16?,17?/m1/s1. The van der Waals surface area contributed by atoms with Gasteiger partial charge in [0.05, 0.1) is 24.4 Å². The molecule has 5 rings (SSSR count). The van der Waals surface area contributed by atoms with Gasteiger partial charge in [0, 0.05) is 25.4 Å². The number of ketones is 1. The van der Waals surface area contributed by atoms with Crippen molar-refractivity contribution in [1.29, 1.82) is 0 Å². The van der Waals surface area contributed by atoms with Gasteiger partial charge < -0.3 is 10.1 Å². The van der Waals surface area contributed by atoms with Crippen molar-refractivity contribution in [3.05, 3.63) is 0 Å². The Labute approximate surface area is 158 Å². The van der Waals surface area contributed by atoms with Crippen molar-refractivity contribution in [1.82, 2.24) is 25.8 Å². The van der Waals surface area contributed by atoms with Crippen molar-refractivity contribution in [2.24, 2.45) is 5.92 Å². The third-order valence-corrected chi connectivity index (χ3v) is 6.88. The molecule has 27 heavy (non-hydrogen) atoms. The van der Waals surface area contributed by atoms with E-state index in [0.29, 0.717) is 13.0 Å². The molecule has 8 nitrogen and oxygen atoms in total. The molecule has 5 fully saturated rings. The summed E-state index contributed by atoms with van der Waals surface area (Å²) in [5.74, 6) is -0.214. The van der Waals surface area contributed by atoms with Gasteiger partial charge in [0.15, 0.2) is 0 Å². The molecule has 5 saturated heterocycles. The molecule has 3 N–H and O–H groups in total. The Morgan fingerprint density at radius 3 is 2.89 bits per heavy atom. The highest BCUT2D eigenvalue weighted by Crippen LogP contribution is 2.36. The van der Waals surface area contributed by atoms with E-state index in [4.69, 9.17) is 4.74 Å². The van der Waals surface area contributed by atoms with Crippen molar-refractivity contribution in [2.75, 3.05) is 19.6 Å². The van der Waals surface area contributed by atoms with Gasteiger partial charge in [-0.2, -0.15) is 0 Å². The van der Waals surface area contributed by atoms with Gasteiger partial charge in [-0.25, -0.2) is 9.18 Å². The predicted molar refractivity (Wildman–Crippen MR) is 94.4 cm³/mol. The first-order valence-electron chi connectivity index (χ1n) is 10.2. The Balaban J connectivity index is 1.52. The van der Waals surface area contributed by atoms with Crippen LogP contribution in [0.5, 0.6) is 0 Å². The number of nitrogens with one attached hydrogen (secondary N) is 3. The van der Waals surface area contributed by atoms with Crippen LogP contribution in [0.3, 0.4) is 0 Å². The number of Topliss-reactive ketones (excluding diaryl/α,β-unsaturated/α-hetero) is 1. The number of carbonyl (C=O) groups excluding carboxylic acids is 2. The fourth-order valence-electron chi connectivity index (χ4n) is 5.53. The number of piperidine rings is 3. The van der Waals surface area contributed by atoms with Crippen LogP contribution in [-0.4, -0.2) is 84.2 Å². The van der Waals surface area contributed by atoms with Gasteiger partial charge in [0.25, 0.3) is 0 Å². The number of hydrogen-bond acceptors (Lipinski definition) is 6. The van der Waals surface area contributed by atoms with Crippen LogP contribution in [-0.2, 0) is 9.53 Å². The molecule has 0 saturated carbocycles. The van der Waals surface area contributed by atoms with Crippen LogP contribution in [0.2, 0.25) is 0 Å². The Morgan fingerprint density at radius 2 is 2.04 bits per heavy atom. The smallest absolute Gasteiger partial charge is 0.320 e. The molecule has 150 valence electrons. The van der Waals surface area contributed by atoms with E-state index in [-0.39, 0.29) is 54.7 Å². The maximum Gasteiger partial charge on any atom is 0.320 e. The lowest BCUT2D eigenvalue weighted by Crippen LogP contribution is -2.70. The number of alkyl halides is 1. The first-order chi connectivity index (χ1) is 13.0. The largest absolute Gasteiger partial charge is 0.373 e. The van der Waals surface area contributed by atoms with E-state index >= 15 is 4.39 Å². The number of halogens is 1. The molecule has 2 amide bonds. The maximum atomic E-state index is 15.2. The van der Waals surface area contributed by atoms with E-state index < -0.39 is 12.3 Å². The average molecular weight is 381 g/mol. The number of hydrogen-bond donors (Lipinski definition) is 3. The van der Waals surface area contributed by atoms with Gasteiger partial charge in [-0.1, -0.05) is 0 Å². The number of fused-ring (bicyclic) bond motifs is 2. The van der Waals surface area contributed by atoms with Crippen molar-refractivity contribution in [2.45, 2.75) is 75.5 Å². The summed E-state index contributed by atoms with van der Waals surface area (Å²) in [5, 5.41) is 9.62. The zero-order valence-corrected chi connectivity index (χ0v) is 15.6. The van der Waals surface area contributed by atoms with Crippen molar-refractivity contribution < 1.29 is 18.7 Å². The highest BCUT2D eigenvalue weighted by Gasteiger charge is 2.55. The Bertz CT molecular complexity index is 636. The zero-order valence-electron chi connectivity index (χ0n) is 15.6. The Hall–Kier alpha value is -1.29. The molecule has 8 atom stereocenters. The van der Waals surface area contributed by atoms with Crippen LogP contribution >= 0.6 is 0 Å². The third kappa shape index (κ3) is 2.86. The van der Waals surface area contributed by atoms with E-state index in [1.807, 2.05) is 0 Å². The monoisotopic (exact) mass is 381 g/mol. The summed E-state index contributed by atoms with van der Waals surface area (Å²) in [6, 6.07) is -0.529. The number of urea groups is 1. The van der Waals surface area contributed by atoms with E-state index in [2.05, 4.69) is 27.8 Å². The summed E-state index contributed by atoms with van der Waals surface area (Å²) >= 11 is 0. The minimum Gasteiger partial charge on any atom is -0.373 e. The highest BCUT2D eigenvalue weighted by atomic mass is 19.1. The lowest BCUT2D eigenvalue weighted by atomic mass is 9.83. The molecule has 0 aliphatic carbocycles. The quantitative estimate of drug-likeness (QED) is 0.537. The molecule has 9 heteroatoms. The van der Waals surface area contributed by atoms with Gasteiger partial charge in [-0.3, -0.25) is 25.2 Å². The minimum atomic E-state index is -1.28. The van der Waals surface area contributed by atoms with Gasteiger partial charge in [-0.05, 0) is 32.7 Å². The molecule has 7 unspecified atom stereocenters. The first kappa shape index (κ1) is 17.8. The number of nitrogens with zero attached hydrogens (tertiary/aromatic N) is 2. The lowest BCUT2D eigenvalue weighted by Gasteiger charge is -2.50. The summed E-state index contributed by atoms with van der Waals surface area (Å²) in [5.41, 5.74) is 0. The second-order valence-electron chi connectivity index (χ2n) is 8.51. The predicted octanol–water partition coefficient (Wildman–Crippen LogP) is -0.248. The van der Waals surface area contributed by atoms with Crippen molar-refractivity contribution in [3.63, 3.8) is 0 Å². The van der Waals surface area contributed by atoms with Gasteiger partial charge in [-0.15, -0.1) is 0 Å². The number of ether oxygens (including phenoxy) is 1. The van der Waals surface area contributed by atoms with Crippen LogP contribution < -0.4 is 16.0 Å². The van der Waals surface area contributed by atoms with Gasteiger partial charge >= 0.3 is 6.03 Å². The molecule has 5 aliphatic heterocycles. The Kier molecular flexibility index (Phi) is 4.38. The normalized spacial score (nSPS) is 47.9. The third-order valence-electron chi connectivity index (χ3n) is 6.88. The second-order valence-corrected chi connectivity index (χ2v) is 8.51. The van der Waals surface area contributed by atoms with Crippen LogP contribution in [0.1, 0.15) is 32.6 Å².